The Morgan fingerprint density at radius 3 is 1.85 bits per heavy atom. The standard InChI is InChI=1S/C16H21N3O7/c1-9(2)26-15(21)13(16(3,4)5)17-14(20)10-6-11(18(22)23)8-12(7-10)19(24)25/h6-9,13H,1-5H3,(H,17,20)/t13-/m1/s1. The number of non-ortho nitro benzene ring substituents is 2. The number of nitro benzene ring substituents is 2. The van der Waals surface area contributed by atoms with Crippen LogP contribution in [0.15, 0.2) is 18.2 Å². The zero-order valence-corrected chi connectivity index (χ0v) is 15.1. The van der Waals surface area contributed by atoms with E-state index in [1.165, 1.54) is 0 Å². The Bertz CT molecular complexity index is 706. The molecule has 1 aromatic rings. The minimum absolute atomic E-state index is 0.294. The third-order valence-corrected chi connectivity index (χ3v) is 3.32. The molecule has 0 saturated carbocycles. The van der Waals surface area contributed by atoms with Crippen molar-refractivity contribution >= 4 is 23.3 Å². The second-order valence-corrected chi connectivity index (χ2v) is 7.01. The Morgan fingerprint density at radius 1 is 1.04 bits per heavy atom. The number of amides is 1. The third kappa shape index (κ3) is 5.50. The normalized spacial score (nSPS) is 12.4. The first-order valence-corrected chi connectivity index (χ1v) is 7.78. The lowest BCUT2D eigenvalue weighted by molar-refractivity contribution is -0.394. The van der Waals surface area contributed by atoms with Gasteiger partial charge in [-0.05, 0) is 19.3 Å². The van der Waals surface area contributed by atoms with Crippen molar-refractivity contribution in [3.8, 4) is 0 Å². The van der Waals surface area contributed by atoms with Crippen LogP contribution in [0.5, 0.6) is 0 Å². The maximum absolute atomic E-state index is 12.5. The van der Waals surface area contributed by atoms with Crippen LogP contribution in [0.25, 0.3) is 0 Å². The van der Waals surface area contributed by atoms with Gasteiger partial charge in [-0.2, -0.15) is 0 Å². The zero-order chi connectivity index (χ0) is 20.2. The summed E-state index contributed by atoms with van der Waals surface area (Å²) >= 11 is 0. The van der Waals surface area contributed by atoms with Crippen molar-refractivity contribution in [3.05, 3.63) is 44.0 Å². The van der Waals surface area contributed by atoms with E-state index in [0.29, 0.717) is 0 Å². The highest BCUT2D eigenvalue weighted by molar-refractivity contribution is 5.98. The number of hydrogen-bond acceptors (Lipinski definition) is 7. The molecule has 142 valence electrons. The van der Waals surface area contributed by atoms with Crippen molar-refractivity contribution in [2.45, 2.75) is 46.8 Å². The molecule has 10 nitrogen and oxygen atoms in total. The van der Waals surface area contributed by atoms with Gasteiger partial charge in [-0.1, -0.05) is 20.8 Å². The first-order chi connectivity index (χ1) is 11.8. The molecule has 0 fully saturated rings. The van der Waals surface area contributed by atoms with Gasteiger partial charge in [0.2, 0.25) is 0 Å². The lowest BCUT2D eigenvalue weighted by atomic mass is 9.86. The number of carbonyl (C=O) groups excluding carboxylic acids is 2. The molecule has 0 radical (unpaired) electrons. The maximum atomic E-state index is 12.5. The van der Waals surface area contributed by atoms with Gasteiger partial charge in [0, 0.05) is 12.1 Å². The van der Waals surface area contributed by atoms with Crippen LogP contribution >= 0.6 is 0 Å². The van der Waals surface area contributed by atoms with Gasteiger partial charge in [-0.15, -0.1) is 0 Å². The minimum Gasteiger partial charge on any atom is -0.461 e. The average molecular weight is 367 g/mol. The van der Waals surface area contributed by atoms with Gasteiger partial charge in [0.1, 0.15) is 6.04 Å². The van der Waals surface area contributed by atoms with Gasteiger partial charge < -0.3 is 10.1 Å². The molecule has 0 bridgehead atoms. The van der Waals surface area contributed by atoms with E-state index in [-0.39, 0.29) is 5.56 Å². The Labute approximate surface area is 149 Å². The largest absolute Gasteiger partial charge is 0.461 e. The molecule has 0 saturated heterocycles. The Balaban J connectivity index is 3.22. The molecular formula is C16H21N3O7. The summed E-state index contributed by atoms with van der Waals surface area (Å²) in [6.45, 7) is 8.42. The van der Waals surface area contributed by atoms with Crippen molar-refractivity contribution < 1.29 is 24.2 Å². The van der Waals surface area contributed by atoms with E-state index in [9.17, 15) is 29.8 Å². The number of benzene rings is 1. The van der Waals surface area contributed by atoms with E-state index in [2.05, 4.69) is 5.32 Å². The number of nitrogens with zero attached hydrogens (tertiary/aromatic N) is 2. The zero-order valence-electron chi connectivity index (χ0n) is 15.1. The number of hydrogen-bond donors (Lipinski definition) is 1. The predicted molar refractivity (Wildman–Crippen MR) is 91.7 cm³/mol. The number of rotatable bonds is 6. The van der Waals surface area contributed by atoms with E-state index in [0.717, 1.165) is 18.2 Å². The maximum Gasteiger partial charge on any atom is 0.329 e. The van der Waals surface area contributed by atoms with E-state index >= 15 is 0 Å². The molecule has 0 spiro atoms. The lowest BCUT2D eigenvalue weighted by Gasteiger charge is -2.30. The van der Waals surface area contributed by atoms with Gasteiger partial charge >= 0.3 is 5.97 Å². The molecule has 1 rings (SSSR count). The molecular weight excluding hydrogens is 346 g/mol. The number of nitrogens with one attached hydrogen (secondary N) is 1. The molecule has 1 N–H and O–H groups in total. The SMILES string of the molecule is CC(C)OC(=O)[C@@H](NC(=O)c1cc([N+](=O)[O-])cc([N+](=O)[O-])c1)C(C)(C)C. The van der Waals surface area contributed by atoms with E-state index in [1.54, 1.807) is 34.6 Å². The molecule has 1 atom stereocenters. The summed E-state index contributed by atoms with van der Waals surface area (Å²) in [5, 5.41) is 24.3. The lowest BCUT2D eigenvalue weighted by Crippen LogP contribution is -2.50. The average Bonchev–Trinajstić information content (AvgIpc) is 2.49. The van der Waals surface area contributed by atoms with Crippen molar-refractivity contribution in [3.63, 3.8) is 0 Å². The van der Waals surface area contributed by atoms with Gasteiger partial charge in [0.15, 0.2) is 0 Å². The summed E-state index contributed by atoms with van der Waals surface area (Å²) in [5.74, 6) is -1.52. The fourth-order valence-electron chi connectivity index (χ4n) is 2.08. The molecule has 26 heavy (non-hydrogen) atoms. The van der Waals surface area contributed by atoms with Crippen molar-refractivity contribution in [1.82, 2.24) is 5.32 Å². The number of esters is 1. The monoisotopic (exact) mass is 367 g/mol. The van der Waals surface area contributed by atoms with E-state index in [1.807, 2.05) is 0 Å². The summed E-state index contributed by atoms with van der Waals surface area (Å²) < 4.78 is 5.13. The smallest absolute Gasteiger partial charge is 0.329 e. The Kier molecular flexibility index (Phi) is 6.38. The Hall–Kier alpha value is -3.04. The summed E-state index contributed by atoms with van der Waals surface area (Å²) in [5.41, 5.74) is -2.20. The molecule has 10 heteroatoms. The van der Waals surface area contributed by atoms with Gasteiger partial charge in [-0.3, -0.25) is 25.0 Å². The number of carbonyl (C=O) groups is 2. The predicted octanol–water partition coefficient (Wildman–Crippen LogP) is 2.60. The van der Waals surface area contributed by atoms with Gasteiger partial charge in [-0.25, -0.2) is 4.79 Å². The van der Waals surface area contributed by atoms with Crippen LogP contribution < -0.4 is 5.32 Å². The highest BCUT2D eigenvalue weighted by atomic mass is 16.6. The van der Waals surface area contributed by atoms with Crippen molar-refractivity contribution in [2.24, 2.45) is 5.41 Å². The molecule has 0 aromatic heterocycles. The van der Waals surface area contributed by atoms with Crippen LogP contribution in [0.4, 0.5) is 11.4 Å². The fraction of sp³-hybridized carbons (Fsp3) is 0.500. The first kappa shape index (κ1) is 21.0. The van der Waals surface area contributed by atoms with Crippen LogP contribution in [0, 0.1) is 25.6 Å². The first-order valence-electron chi connectivity index (χ1n) is 7.78. The molecule has 1 amide bonds. The molecule has 1 aromatic carbocycles. The Morgan fingerprint density at radius 2 is 1.50 bits per heavy atom. The van der Waals surface area contributed by atoms with Crippen LogP contribution in [0.1, 0.15) is 45.0 Å². The van der Waals surface area contributed by atoms with Crippen molar-refractivity contribution in [1.29, 1.82) is 0 Å². The second-order valence-electron chi connectivity index (χ2n) is 7.01. The molecule has 0 heterocycles. The van der Waals surface area contributed by atoms with Crippen LogP contribution in [-0.4, -0.2) is 33.9 Å². The summed E-state index contributed by atoms with van der Waals surface area (Å²) in [6, 6.07) is 1.53. The molecule has 0 aliphatic carbocycles. The van der Waals surface area contributed by atoms with Crippen LogP contribution in [-0.2, 0) is 9.53 Å². The quantitative estimate of drug-likeness (QED) is 0.462. The number of nitro groups is 2. The molecule has 0 aliphatic heterocycles. The van der Waals surface area contributed by atoms with Crippen molar-refractivity contribution in [2.75, 3.05) is 0 Å². The third-order valence-electron chi connectivity index (χ3n) is 3.32. The highest BCUT2D eigenvalue weighted by Gasteiger charge is 2.35. The second kappa shape index (κ2) is 7.89. The summed E-state index contributed by atoms with van der Waals surface area (Å²) in [7, 11) is 0. The summed E-state index contributed by atoms with van der Waals surface area (Å²) in [4.78, 5) is 44.9. The number of ether oxygens (including phenoxy) is 1. The van der Waals surface area contributed by atoms with Gasteiger partial charge in [0.05, 0.1) is 27.6 Å². The molecule has 0 aliphatic rings. The molecule has 0 unspecified atom stereocenters. The van der Waals surface area contributed by atoms with E-state index < -0.39 is 50.7 Å². The fourth-order valence-corrected chi connectivity index (χ4v) is 2.08. The highest BCUT2D eigenvalue weighted by Crippen LogP contribution is 2.25. The minimum atomic E-state index is -1.05. The topological polar surface area (TPSA) is 142 Å². The van der Waals surface area contributed by atoms with Crippen LogP contribution in [0.3, 0.4) is 0 Å². The van der Waals surface area contributed by atoms with E-state index in [4.69, 9.17) is 4.74 Å². The van der Waals surface area contributed by atoms with Crippen LogP contribution in [0.2, 0.25) is 0 Å². The van der Waals surface area contributed by atoms with Gasteiger partial charge in [0.25, 0.3) is 17.3 Å². The summed E-state index contributed by atoms with van der Waals surface area (Å²) in [6.07, 6.45) is -0.400.